The van der Waals surface area contributed by atoms with Gasteiger partial charge in [0.2, 0.25) is 0 Å². The van der Waals surface area contributed by atoms with Crippen LogP contribution in [0.25, 0.3) is 10.4 Å². The van der Waals surface area contributed by atoms with Crippen LogP contribution in [0.2, 0.25) is 0 Å². The summed E-state index contributed by atoms with van der Waals surface area (Å²) in [5.74, 6) is -0.599. The highest BCUT2D eigenvalue weighted by Gasteiger charge is 2.71. The van der Waals surface area contributed by atoms with Crippen LogP contribution >= 0.6 is 11.3 Å². The molecule has 4 rings (SSSR count). The van der Waals surface area contributed by atoms with E-state index in [1.165, 1.54) is 6.92 Å². The molecule has 1 aliphatic heterocycles. The zero-order valence-electron chi connectivity index (χ0n) is 21.3. The minimum atomic E-state index is -6.02. The molecule has 1 aliphatic carbocycles. The molecule has 1 atom stereocenters. The van der Waals surface area contributed by atoms with Gasteiger partial charge in [0.05, 0.1) is 4.88 Å². The van der Waals surface area contributed by atoms with Crippen molar-refractivity contribution in [3.63, 3.8) is 0 Å². The first-order chi connectivity index (χ1) is 18.6. The quantitative estimate of drug-likeness (QED) is 0.473. The first kappa shape index (κ1) is 31.2. The Bertz CT molecular complexity index is 1280. The molecule has 0 unspecified atom stereocenters. The van der Waals surface area contributed by atoms with E-state index in [-0.39, 0.29) is 38.9 Å². The van der Waals surface area contributed by atoms with Crippen molar-refractivity contribution in [2.75, 3.05) is 13.1 Å². The molecule has 8 nitrogen and oxygen atoms in total. The van der Waals surface area contributed by atoms with E-state index in [9.17, 15) is 41.0 Å². The van der Waals surface area contributed by atoms with Crippen molar-refractivity contribution in [3.8, 4) is 10.4 Å². The number of rotatable bonds is 6. The van der Waals surface area contributed by atoms with Gasteiger partial charge in [0, 0.05) is 24.7 Å². The summed E-state index contributed by atoms with van der Waals surface area (Å²) >= 11 is 0.842. The van der Waals surface area contributed by atoms with Gasteiger partial charge in [-0.2, -0.15) is 35.9 Å². The Labute approximate surface area is 228 Å². The number of carbonyl (C=O) groups excluding carboxylic acids is 4. The van der Waals surface area contributed by atoms with E-state index in [2.05, 4.69) is 10.3 Å². The van der Waals surface area contributed by atoms with Crippen LogP contribution in [0.15, 0.2) is 18.2 Å². The predicted molar refractivity (Wildman–Crippen MR) is 128 cm³/mol. The van der Waals surface area contributed by atoms with Crippen LogP contribution in [0.1, 0.15) is 64.0 Å². The zero-order valence-corrected chi connectivity index (χ0v) is 22.1. The highest BCUT2D eigenvalue weighted by atomic mass is 32.1. The first-order valence-electron chi connectivity index (χ1n) is 12.1. The molecule has 0 spiro atoms. The number of likely N-dealkylation sites (tertiary alicyclic amines) is 1. The van der Waals surface area contributed by atoms with E-state index >= 15 is 0 Å². The highest BCUT2D eigenvalue weighted by molar-refractivity contribution is 7.17. The van der Waals surface area contributed by atoms with Crippen LogP contribution in [0.5, 0.6) is 0 Å². The lowest BCUT2D eigenvalue weighted by Gasteiger charge is -2.33. The predicted octanol–water partition coefficient (Wildman–Crippen LogP) is 4.61. The fraction of sp³-hybridized carbons (Fsp3) is 0.520. The molecule has 0 bridgehead atoms. The van der Waals surface area contributed by atoms with E-state index < -0.39 is 35.3 Å². The molecule has 40 heavy (non-hydrogen) atoms. The molecule has 2 heterocycles. The van der Waals surface area contributed by atoms with Gasteiger partial charge in [0.15, 0.2) is 5.01 Å². The maximum atomic E-state index is 13.4. The van der Waals surface area contributed by atoms with Gasteiger partial charge in [-0.25, -0.2) is 4.98 Å². The van der Waals surface area contributed by atoms with E-state index in [0.717, 1.165) is 43.1 Å². The second-order valence-electron chi connectivity index (χ2n) is 9.66. The third-order valence-electron chi connectivity index (χ3n) is 6.80. The molecular formula is C25H25F6N3O5S. The van der Waals surface area contributed by atoms with Gasteiger partial charge in [0.25, 0.3) is 17.4 Å². The van der Waals surface area contributed by atoms with Crippen molar-refractivity contribution >= 4 is 29.3 Å². The van der Waals surface area contributed by atoms with Gasteiger partial charge in [-0.15, -0.1) is 11.3 Å². The number of hydrogen-bond acceptors (Lipinski definition) is 7. The van der Waals surface area contributed by atoms with E-state index in [1.54, 1.807) is 4.90 Å². The summed E-state index contributed by atoms with van der Waals surface area (Å²) in [6.07, 6.45) is -8.28. The monoisotopic (exact) mass is 593 g/mol. The second-order valence-corrected chi connectivity index (χ2v) is 10.7. The van der Waals surface area contributed by atoms with Crippen LogP contribution < -0.4 is 5.32 Å². The molecule has 15 heteroatoms. The van der Waals surface area contributed by atoms with E-state index in [0.29, 0.717) is 31.1 Å². The number of halogens is 6. The Morgan fingerprint density at radius 2 is 1.73 bits per heavy atom. The SMILES string of the molecule is Cc1cc(C(O)(C(F)(F)F)C(F)(F)F)ccc1-c1sc(C(=O)NCC2CC2)nc1C(=O)N1CCC[C@@H]1C.O=C=O. The Morgan fingerprint density at radius 3 is 2.20 bits per heavy atom. The highest BCUT2D eigenvalue weighted by Crippen LogP contribution is 2.50. The Hall–Kier alpha value is -3.29. The Morgan fingerprint density at radius 1 is 1.12 bits per heavy atom. The number of hydrogen-bond donors (Lipinski definition) is 2. The van der Waals surface area contributed by atoms with Crippen molar-refractivity contribution in [2.45, 2.75) is 63.5 Å². The van der Waals surface area contributed by atoms with Crippen LogP contribution in [0.3, 0.4) is 0 Å². The summed E-state index contributed by atoms with van der Waals surface area (Å²) in [7, 11) is 0. The first-order valence-corrected chi connectivity index (χ1v) is 12.9. The maximum Gasteiger partial charge on any atom is 0.430 e. The number of benzene rings is 1. The smallest absolute Gasteiger partial charge is 0.369 e. The van der Waals surface area contributed by atoms with Gasteiger partial charge < -0.3 is 15.3 Å². The minimum absolute atomic E-state index is 0.0311. The van der Waals surface area contributed by atoms with Gasteiger partial charge >= 0.3 is 18.5 Å². The summed E-state index contributed by atoms with van der Waals surface area (Å²) in [6, 6.07) is 2.01. The molecule has 1 aromatic heterocycles. The number of alkyl halides is 6. The summed E-state index contributed by atoms with van der Waals surface area (Å²) in [5, 5.41) is 12.5. The normalized spacial score (nSPS) is 17.6. The number of aromatic nitrogens is 1. The average molecular weight is 594 g/mol. The molecule has 0 radical (unpaired) electrons. The lowest BCUT2D eigenvalue weighted by molar-refractivity contribution is -0.376. The number of carbonyl (C=O) groups is 2. The van der Waals surface area contributed by atoms with Gasteiger partial charge in [0.1, 0.15) is 5.69 Å². The van der Waals surface area contributed by atoms with E-state index in [4.69, 9.17) is 9.59 Å². The molecule has 1 saturated carbocycles. The van der Waals surface area contributed by atoms with Crippen LogP contribution in [0.4, 0.5) is 26.3 Å². The second kappa shape index (κ2) is 11.7. The molecule has 2 fully saturated rings. The molecule has 2 amide bonds. The fourth-order valence-corrected chi connectivity index (χ4v) is 5.45. The van der Waals surface area contributed by atoms with Gasteiger partial charge in [-0.3, -0.25) is 9.59 Å². The Kier molecular flexibility index (Phi) is 9.12. The van der Waals surface area contributed by atoms with Crippen LogP contribution in [0, 0.1) is 12.8 Å². The van der Waals surface area contributed by atoms with Crippen LogP contribution in [-0.2, 0) is 15.2 Å². The summed E-state index contributed by atoms with van der Waals surface area (Å²) in [5.41, 5.74) is -6.48. The summed E-state index contributed by atoms with van der Waals surface area (Å²) in [4.78, 5) is 48.3. The average Bonchev–Trinajstić information content (AvgIpc) is 3.42. The maximum absolute atomic E-state index is 13.4. The van der Waals surface area contributed by atoms with Crippen molar-refractivity contribution in [2.24, 2.45) is 5.92 Å². The zero-order chi connectivity index (χ0) is 30.0. The summed E-state index contributed by atoms with van der Waals surface area (Å²) < 4.78 is 80.2. The number of aliphatic hydroxyl groups is 1. The van der Waals surface area contributed by atoms with E-state index in [1.807, 2.05) is 6.92 Å². The largest absolute Gasteiger partial charge is 0.430 e. The van der Waals surface area contributed by atoms with Gasteiger partial charge in [-0.05, 0) is 56.6 Å². The molecule has 2 N–H and O–H groups in total. The minimum Gasteiger partial charge on any atom is -0.369 e. The molecule has 1 aromatic carbocycles. The molecule has 2 aromatic rings. The number of thiazole rings is 1. The molecule has 218 valence electrons. The Balaban J connectivity index is 0.00000141. The molecular weight excluding hydrogens is 568 g/mol. The summed E-state index contributed by atoms with van der Waals surface area (Å²) in [6.45, 7) is 4.03. The molecule has 1 saturated heterocycles. The standard InChI is InChI=1S/C24H25F6N3O3S.CO2/c1-12-10-15(22(36,23(25,26)27)24(28,29)30)7-8-16(12)18-17(21(35)33-9-3-4-13(33)2)32-20(37-18)19(34)31-11-14-5-6-14;2-1-3/h7-8,10,13-14,36H,3-6,9,11H2,1-2H3,(H,31,34);/t13-;/m0./s1. The number of amides is 2. The van der Waals surface area contributed by atoms with Crippen molar-refractivity contribution in [3.05, 3.63) is 40.0 Å². The topological polar surface area (TPSA) is 117 Å². The van der Waals surface area contributed by atoms with Gasteiger partial charge in [-0.1, -0.05) is 18.2 Å². The van der Waals surface area contributed by atoms with Crippen molar-refractivity contribution in [1.82, 2.24) is 15.2 Å². The number of aryl methyl sites for hydroxylation is 1. The number of nitrogens with zero attached hydrogens (tertiary/aromatic N) is 2. The van der Waals surface area contributed by atoms with Crippen molar-refractivity contribution in [1.29, 1.82) is 0 Å². The van der Waals surface area contributed by atoms with Crippen LogP contribution in [-0.4, -0.2) is 64.4 Å². The lowest BCUT2D eigenvalue weighted by Crippen LogP contribution is -2.53. The lowest BCUT2D eigenvalue weighted by atomic mass is 9.89. The third-order valence-corrected chi connectivity index (χ3v) is 7.88. The molecule has 2 aliphatic rings. The number of nitrogens with one attached hydrogen (secondary N) is 1. The third kappa shape index (κ3) is 6.21. The van der Waals surface area contributed by atoms with Crippen molar-refractivity contribution < 1.29 is 50.6 Å². The fourth-order valence-electron chi connectivity index (χ4n) is 4.38.